The minimum absolute atomic E-state index is 0.0296. The Morgan fingerprint density at radius 3 is 2.80 bits per heavy atom. The average Bonchev–Trinajstić information content (AvgIpc) is 3.04. The van der Waals surface area contributed by atoms with Crippen molar-refractivity contribution in [3.05, 3.63) is 36.0 Å². The molecule has 1 aromatic carbocycles. The molecule has 1 aromatic heterocycles. The van der Waals surface area contributed by atoms with E-state index in [0.717, 1.165) is 22.9 Å². The van der Waals surface area contributed by atoms with Crippen molar-refractivity contribution in [2.75, 3.05) is 26.3 Å². The van der Waals surface area contributed by atoms with Gasteiger partial charge in [0.15, 0.2) is 0 Å². The van der Waals surface area contributed by atoms with Crippen LogP contribution in [0.3, 0.4) is 0 Å². The zero-order valence-corrected chi connectivity index (χ0v) is 14.6. The summed E-state index contributed by atoms with van der Waals surface area (Å²) in [6, 6.07) is 7.45. The second-order valence-corrected chi connectivity index (χ2v) is 6.37. The largest absolute Gasteiger partial charge is 0.378 e. The number of carbonyl (C=O) groups excluding carboxylic acids is 2. The predicted molar refractivity (Wildman–Crippen MR) is 96.2 cm³/mol. The lowest BCUT2D eigenvalue weighted by Gasteiger charge is -2.30. The minimum Gasteiger partial charge on any atom is -0.378 e. The molecule has 2 aromatic rings. The van der Waals surface area contributed by atoms with Crippen LogP contribution in [-0.4, -0.2) is 54.0 Å². The highest BCUT2D eigenvalue weighted by atomic mass is 16.5. The van der Waals surface area contributed by atoms with Crippen LogP contribution < -0.4 is 5.32 Å². The average molecular weight is 343 g/mol. The van der Waals surface area contributed by atoms with E-state index in [1.807, 2.05) is 37.4 Å². The van der Waals surface area contributed by atoms with Crippen LogP contribution in [0.2, 0.25) is 0 Å². The van der Waals surface area contributed by atoms with Crippen molar-refractivity contribution in [2.24, 2.45) is 0 Å². The Morgan fingerprint density at radius 2 is 2.04 bits per heavy atom. The molecule has 0 saturated carbocycles. The van der Waals surface area contributed by atoms with Crippen molar-refractivity contribution in [3.63, 3.8) is 0 Å². The van der Waals surface area contributed by atoms with E-state index >= 15 is 0 Å². The van der Waals surface area contributed by atoms with Crippen molar-refractivity contribution >= 4 is 22.7 Å². The van der Waals surface area contributed by atoms with E-state index in [2.05, 4.69) is 10.3 Å². The van der Waals surface area contributed by atoms with Crippen molar-refractivity contribution in [1.82, 2.24) is 15.2 Å². The molecule has 134 valence electrons. The van der Waals surface area contributed by atoms with E-state index in [1.54, 1.807) is 4.90 Å². The fourth-order valence-corrected chi connectivity index (χ4v) is 3.22. The summed E-state index contributed by atoms with van der Waals surface area (Å²) in [5.74, 6) is -0.105. The van der Waals surface area contributed by atoms with E-state index in [9.17, 15) is 9.59 Å². The molecule has 1 atom stereocenters. The third-order valence-corrected chi connectivity index (χ3v) is 4.53. The number of ether oxygens (including phenoxy) is 1. The number of fused-ring (bicyclic) bond motifs is 1. The summed E-state index contributed by atoms with van der Waals surface area (Å²) in [6.07, 6.45) is 3.60. The Hall–Kier alpha value is -2.34. The van der Waals surface area contributed by atoms with Crippen LogP contribution in [0, 0.1) is 0 Å². The molecule has 1 aliphatic heterocycles. The van der Waals surface area contributed by atoms with E-state index < -0.39 is 6.04 Å². The van der Waals surface area contributed by atoms with Crippen LogP contribution in [0.4, 0.5) is 0 Å². The molecule has 25 heavy (non-hydrogen) atoms. The lowest BCUT2D eigenvalue weighted by atomic mass is 10.0. The molecule has 0 spiro atoms. The molecule has 0 aliphatic carbocycles. The van der Waals surface area contributed by atoms with Gasteiger partial charge in [0.1, 0.15) is 6.04 Å². The summed E-state index contributed by atoms with van der Waals surface area (Å²) in [5.41, 5.74) is 2.08. The van der Waals surface area contributed by atoms with Gasteiger partial charge in [-0.25, -0.2) is 0 Å². The molecular formula is C19H25N3O3. The number of H-pyrrole nitrogens is 1. The van der Waals surface area contributed by atoms with Gasteiger partial charge in [-0.3, -0.25) is 9.59 Å². The number of amides is 2. The number of benzene rings is 1. The van der Waals surface area contributed by atoms with Crippen LogP contribution in [-0.2, 0) is 20.7 Å². The van der Waals surface area contributed by atoms with E-state index in [0.29, 0.717) is 39.1 Å². The number of rotatable bonds is 6. The summed E-state index contributed by atoms with van der Waals surface area (Å²) in [7, 11) is 0. The number of hydrogen-bond donors (Lipinski definition) is 2. The van der Waals surface area contributed by atoms with Crippen molar-refractivity contribution in [1.29, 1.82) is 0 Å². The number of nitrogens with zero attached hydrogens (tertiary/aromatic N) is 1. The molecule has 2 N–H and O–H groups in total. The Bertz CT molecular complexity index is 734. The molecule has 1 fully saturated rings. The van der Waals surface area contributed by atoms with Crippen LogP contribution in [0.15, 0.2) is 30.5 Å². The van der Waals surface area contributed by atoms with Gasteiger partial charge in [0.25, 0.3) is 0 Å². The summed E-state index contributed by atoms with van der Waals surface area (Å²) in [5, 5.41) is 4.02. The topological polar surface area (TPSA) is 74.4 Å². The first-order valence-corrected chi connectivity index (χ1v) is 8.90. The van der Waals surface area contributed by atoms with Crippen molar-refractivity contribution in [3.8, 4) is 0 Å². The maximum atomic E-state index is 12.9. The maximum absolute atomic E-state index is 12.9. The Balaban J connectivity index is 1.79. The smallest absolute Gasteiger partial charge is 0.245 e. The maximum Gasteiger partial charge on any atom is 0.245 e. The van der Waals surface area contributed by atoms with E-state index in [-0.39, 0.29) is 11.8 Å². The molecule has 3 rings (SSSR count). The summed E-state index contributed by atoms with van der Waals surface area (Å²) >= 11 is 0. The summed E-state index contributed by atoms with van der Waals surface area (Å²) in [4.78, 5) is 30.1. The monoisotopic (exact) mass is 343 g/mol. The number of aromatic nitrogens is 1. The zero-order valence-electron chi connectivity index (χ0n) is 14.6. The van der Waals surface area contributed by atoms with Crippen molar-refractivity contribution in [2.45, 2.75) is 32.2 Å². The fourth-order valence-electron chi connectivity index (χ4n) is 3.22. The number of aromatic amines is 1. The lowest BCUT2D eigenvalue weighted by Crippen LogP contribution is -2.52. The van der Waals surface area contributed by atoms with Gasteiger partial charge >= 0.3 is 0 Å². The molecule has 6 nitrogen and oxygen atoms in total. The molecule has 2 amide bonds. The van der Waals surface area contributed by atoms with E-state index in [1.165, 1.54) is 0 Å². The van der Waals surface area contributed by atoms with Gasteiger partial charge in [-0.15, -0.1) is 0 Å². The Labute approximate surface area is 147 Å². The molecule has 0 bridgehead atoms. The second kappa shape index (κ2) is 8.16. The Kier molecular flexibility index (Phi) is 5.71. The van der Waals surface area contributed by atoms with Gasteiger partial charge < -0.3 is 19.9 Å². The van der Waals surface area contributed by atoms with Gasteiger partial charge in [0, 0.05) is 43.0 Å². The number of hydrogen-bond acceptors (Lipinski definition) is 3. The quantitative estimate of drug-likeness (QED) is 0.841. The first-order chi connectivity index (χ1) is 12.2. The standard InChI is InChI=1S/C19H25N3O3/c1-2-5-18(23)21-17(19(24)22-8-10-25-11-9-22)12-14-13-20-16-7-4-3-6-15(14)16/h3-4,6-7,13,17,20H,2,5,8-12H2,1H3,(H,21,23)/t17-/m0/s1. The van der Waals surface area contributed by atoms with E-state index in [4.69, 9.17) is 4.74 Å². The van der Waals surface area contributed by atoms with Gasteiger partial charge in [-0.2, -0.15) is 0 Å². The molecule has 1 aliphatic rings. The fraction of sp³-hybridized carbons (Fsp3) is 0.474. The highest BCUT2D eigenvalue weighted by Gasteiger charge is 2.28. The number of carbonyl (C=O) groups is 2. The summed E-state index contributed by atoms with van der Waals surface area (Å²) < 4.78 is 5.33. The number of nitrogens with one attached hydrogen (secondary N) is 2. The highest BCUT2D eigenvalue weighted by molar-refractivity contribution is 5.89. The molecule has 0 radical (unpaired) electrons. The lowest BCUT2D eigenvalue weighted by molar-refractivity contribution is -0.139. The first-order valence-electron chi connectivity index (χ1n) is 8.90. The molecule has 1 saturated heterocycles. The molecule has 0 unspecified atom stereocenters. The van der Waals surface area contributed by atoms with Crippen molar-refractivity contribution < 1.29 is 14.3 Å². The van der Waals surface area contributed by atoms with Gasteiger partial charge in [0.05, 0.1) is 13.2 Å². The SMILES string of the molecule is CCCC(=O)N[C@@H](Cc1c[nH]c2ccccc12)C(=O)N1CCOCC1. The second-order valence-electron chi connectivity index (χ2n) is 6.37. The molecule has 2 heterocycles. The summed E-state index contributed by atoms with van der Waals surface area (Å²) in [6.45, 7) is 4.21. The normalized spacial score (nSPS) is 16.0. The zero-order chi connectivity index (χ0) is 17.6. The highest BCUT2D eigenvalue weighted by Crippen LogP contribution is 2.20. The van der Waals surface area contributed by atoms with Gasteiger partial charge in [-0.05, 0) is 18.1 Å². The van der Waals surface area contributed by atoms with Crippen LogP contribution in [0.5, 0.6) is 0 Å². The third-order valence-electron chi connectivity index (χ3n) is 4.53. The Morgan fingerprint density at radius 1 is 1.28 bits per heavy atom. The van der Waals surface area contributed by atoms with Crippen LogP contribution in [0.1, 0.15) is 25.3 Å². The molecule has 6 heteroatoms. The first kappa shape index (κ1) is 17.5. The van der Waals surface area contributed by atoms with Gasteiger partial charge in [0.2, 0.25) is 11.8 Å². The van der Waals surface area contributed by atoms with Crippen LogP contribution in [0.25, 0.3) is 10.9 Å². The van der Waals surface area contributed by atoms with Gasteiger partial charge in [-0.1, -0.05) is 25.1 Å². The minimum atomic E-state index is -0.545. The molecular weight excluding hydrogens is 318 g/mol. The number of morpholine rings is 1. The number of para-hydroxylation sites is 1. The third kappa shape index (κ3) is 4.20. The van der Waals surface area contributed by atoms with Crippen LogP contribution >= 0.6 is 0 Å². The predicted octanol–water partition coefficient (Wildman–Crippen LogP) is 1.85.